The van der Waals surface area contributed by atoms with Crippen molar-refractivity contribution < 1.29 is 22.7 Å². The van der Waals surface area contributed by atoms with Crippen LogP contribution in [0.15, 0.2) is 53.4 Å². The van der Waals surface area contributed by atoms with Gasteiger partial charge in [-0.2, -0.15) is 4.31 Å². The minimum Gasteiger partial charge on any atom is -0.497 e. The van der Waals surface area contributed by atoms with Gasteiger partial charge in [-0.05, 0) is 42.8 Å². The summed E-state index contributed by atoms with van der Waals surface area (Å²) >= 11 is 0. The monoisotopic (exact) mass is 430 g/mol. The number of para-hydroxylation sites is 1. The molecule has 1 fully saturated rings. The molecule has 0 aliphatic carbocycles. The molecule has 0 radical (unpaired) electrons. The lowest BCUT2D eigenvalue weighted by atomic mass is 10.1. The van der Waals surface area contributed by atoms with Crippen molar-refractivity contribution in [2.75, 3.05) is 26.7 Å². The third-order valence-corrected chi connectivity index (χ3v) is 7.87. The minimum absolute atomic E-state index is 0.0691. The first-order valence-corrected chi connectivity index (χ1v) is 11.6. The summed E-state index contributed by atoms with van der Waals surface area (Å²) in [6.07, 6.45) is 0.776. The number of hydrogen-bond donors (Lipinski definition) is 0. The van der Waals surface area contributed by atoms with Crippen molar-refractivity contribution in [2.24, 2.45) is 0 Å². The molecule has 0 saturated carbocycles. The fraction of sp³-hybridized carbons (Fsp3) is 0.409. The van der Waals surface area contributed by atoms with Gasteiger partial charge in [0.15, 0.2) is 0 Å². The van der Waals surface area contributed by atoms with Crippen molar-refractivity contribution in [1.29, 1.82) is 0 Å². The first kappa shape index (κ1) is 20.7. The topological polar surface area (TPSA) is 76.2 Å². The number of amides is 1. The van der Waals surface area contributed by atoms with Gasteiger partial charge in [0.05, 0.1) is 13.2 Å². The van der Waals surface area contributed by atoms with Crippen LogP contribution in [0.25, 0.3) is 0 Å². The summed E-state index contributed by atoms with van der Waals surface area (Å²) in [6.45, 7) is 3.17. The summed E-state index contributed by atoms with van der Waals surface area (Å²) in [5, 5.41) is 0. The summed E-state index contributed by atoms with van der Waals surface area (Å²) in [5.41, 5.74) is 0.587. The second-order valence-electron chi connectivity index (χ2n) is 7.48. The number of carbonyl (C=O) groups is 1. The van der Waals surface area contributed by atoms with Gasteiger partial charge in [0.1, 0.15) is 22.5 Å². The second kappa shape index (κ2) is 8.28. The first-order valence-electron chi connectivity index (χ1n) is 10.2. The molecule has 0 aromatic heterocycles. The summed E-state index contributed by atoms with van der Waals surface area (Å²) in [4.78, 5) is 15.0. The number of fused-ring (bicyclic) bond motifs is 2. The molecule has 2 aliphatic rings. The molecule has 0 spiro atoms. The SMILES string of the molecule is CCN1[C@H]2CCN(C(=O)c3ccc(OC)cc3)CC[C@@H]2Oc2ccccc2S1(=O)=O. The molecule has 30 heavy (non-hydrogen) atoms. The lowest BCUT2D eigenvalue weighted by Crippen LogP contribution is -2.47. The number of ether oxygens (including phenoxy) is 2. The number of benzene rings is 2. The zero-order valence-corrected chi connectivity index (χ0v) is 18.0. The molecule has 0 N–H and O–H groups in total. The Labute approximate surface area is 177 Å². The van der Waals surface area contributed by atoms with Crippen LogP contribution < -0.4 is 9.47 Å². The molecule has 1 saturated heterocycles. The van der Waals surface area contributed by atoms with Gasteiger partial charge >= 0.3 is 0 Å². The maximum atomic E-state index is 13.3. The predicted octanol–water partition coefficient (Wildman–Crippen LogP) is 2.77. The van der Waals surface area contributed by atoms with Gasteiger partial charge in [-0.25, -0.2) is 8.42 Å². The summed E-state index contributed by atoms with van der Waals surface area (Å²) in [7, 11) is -2.08. The average Bonchev–Trinajstić information content (AvgIpc) is 3.01. The van der Waals surface area contributed by atoms with Crippen molar-refractivity contribution >= 4 is 15.9 Å². The van der Waals surface area contributed by atoms with Gasteiger partial charge in [0.25, 0.3) is 5.91 Å². The molecule has 2 aromatic carbocycles. The maximum Gasteiger partial charge on any atom is 0.253 e. The van der Waals surface area contributed by atoms with E-state index < -0.39 is 10.0 Å². The highest BCUT2D eigenvalue weighted by Crippen LogP contribution is 2.36. The van der Waals surface area contributed by atoms with E-state index in [1.165, 1.54) is 4.31 Å². The minimum atomic E-state index is -3.66. The molecular formula is C22H26N2O5S. The Morgan fingerprint density at radius 2 is 1.80 bits per heavy atom. The fourth-order valence-electron chi connectivity index (χ4n) is 4.28. The van der Waals surface area contributed by atoms with E-state index in [1.54, 1.807) is 60.5 Å². The standard InChI is InChI=1S/C22H26N2O5S/c1-3-24-18-12-14-23(22(25)16-8-10-17(28-2)11-9-16)15-13-19(18)29-20-6-4-5-7-21(20)30(24,26)27/h4-11,18-19H,3,12-15H2,1-2H3/t18-,19-/m0/s1. The van der Waals surface area contributed by atoms with Crippen LogP contribution in [0.2, 0.25) is 0 Å². The van der Waals surface area contributed by atoms with Gasteiger partial charge in [-0.15, -0.1) is 0 Å². The van der Waals surface area contributed by atoms with Crippen LogP contribution in [0.5, 0.6) is 11.5 Å². The maximum absolute atomic E-state index is 13.3. The Bertz CT molecular complexity index is 1020. The molecule has 4 rings (SSSR count). The third-order valence-electron chi connectivity index (χ3n) is 5.83. The molecule has 2 heterocycles. The van der Waals surface area contributed by atoms with Crippen molar-refractivity contribution in [3.8, 4) is 11.5 Å². The van der Waals surface area contributed by atoms with Crippen LogP contribution in [0.1, 0.15) is 30.1 Å². The van der Waals surface area contributed by atoms with Crippen LogP contribution in [0, 0.1) is 0 Å². The Balaban J connectivity index is 1.60. The number of methoxy groups -OCH3 is 1. The van der Waals surface area contributed by atoms with E-state index in [0.717, 1.165) is 0 Å². The lowest BCUT2D eigenvalue weighted by molar-refractivity contribution is 0.0755. The normalized spacial score (nSPS) is 23.3. The van der Waals surface area contributed by atoms with E-state index in [0.29, 0.717) is 49.5 Å². The number of hydrogen-bond acceptors (Lipinski definition) is 5. The Morgan fingerprint density at radius 3 is 2.50 bits per heavy atom. The number of likely N-dealkylation sites (N-methyl/N-ethyl adjacent to an activating group) is 1. The van der Waals surface area contributed by atoms with Crippen LogP contribution >= 0.6 is 0 Å². The van der Waals surface area contributed by atoms with Gasteiger partial charge in [-0.3, -0.25) is 4.79 Å². The van der Waals surface area contributed by atoms with Crippen molar-refractivity contribution in [2.45, 2.75) is 36.8 Å². The van der Waals surface area contributed by atoms with Gasteiger partial charge < -0.3 is 14.4 Å². The second-order valence-corrected chi connectivity index (χ2v) is 9.34. The highest BCUT2D eigenvalue weighted by molar-refractivity contribution is 7.89. The summed E-state index contributed by atoms with van der Waals surface area (Å²) in [5.74, 6) is 1.01. The molecule has 8 heteroatoms. The Morgan fingerprint density at radius 1 is 1.10 bits per heavy atom. The van der Waals surface area contributed by atoms with Gasteiger partial charge in [0.2, 0.25) is 10.0 Å². The highest BCUT2D eigenvalue weighted by Gasteiger charge is 2.42. The number of rotatable bonds is 3. The first-order chi connectivity index (χ1) is 14.5. The van der Waals surface area contributed by atoms with Crippen LogP contribution in [0.4, 0.5) is 0 Å². The molecular weight excluding hydrogens is 404 g/mol. The van der Waals surface area contributed by atoms with Crippen molar-refractivity contribution in [1.82, 2.24) is 9.21 Å². The molecule has 2 aromatic rings. The van der Waals surface area contributed by atoms with Crippen LogP contribution in [-0.2, 0) is 10.0 Å². The summed E-state index contributed by atoms with van der Waals surface area (Å²) < 4.78 is 39.4. The van der Waals surface area contributed by atoms with E-state index in [2.05, 4.69) is 0 Å². The predicted molar refractivity (Wildman–Crippen MR) is 112 cm³/mol. The zero-order chi connectivity index (χ0) is 21.3. The highest BCUT2D eigenvalue weighted by atomic mass is 32.2. The average molecular weight is 431 g/mol. The zero-order valence-electron chi connectivity index (χ0n) is 17.2. The Kier molecular flexibility index (Phi) is 5.71. The van der Waals surface area contributed by atoms with Gasteiger partial charge in [-0.1, -0.05) is 19.1 Å². The lowest BCUT2D eigenvalue weighted by Gasteiger charge is -2.30. The molecule has 160 valence electrons. The third kappa shape index (κ3) is 3.65. The molecule has 7 nitrogen and oxygen atoms in total. The molecule has 2 aliphatic heterocycles. The molecule has 2 atom stereocenters. The number of likely N-dealkylation sites (tertiary alicyclic amines) is 1. The number of carbonyl (C=O) groups excluding carboxylic acids is 1. The van der Waals surface area contributed by atoms with E-state index in [-0.39, 0.29) is 22.9 Å². The van der Waals surface area contributed by atoms with E-state index >= 15 is 0 Å². The number of nitrogens with zero attached hydrogens (tertiary/aromatic N) is 2. The van der Waals surface area contributed by atoms with Crippen LogP contribution in [0.3, 0.4) is 0 Å². The molecule has 0 bridgehead atoms. The smallest absolute Gasteiger partial charge is 0.253 e. The molecule has 0 unspecified atom stereocenters. The quantitative estimate of drug-likeness (QED) is 0.749. The Hall–Kier alpha value is -2.58. The van der Waals surface area contributed by atoms with E-state index in [4.69, 9.17) is 9.47 Å². The van der Waals surface area contributed by atoms with E-state index in [1.807, 2.05) is 6.92 Å². The number of sulfonamides is 1. The fourth-order valence-corrected chi connectivity index (χ4v) is 6.09. The van der Waals surface area contributed by atoms with E-state index in [9.17, 15) is 13.2 Å². The van der Waals surface area contributed by atoms with Crippen molar-refractivity contribution in [3.63, 3.8) is 0 Å². The molecule has 1 amide bonds. The van der Waals surface area contributed by atoms with Crippen LogP contribution in [-0.4, -0.2) is 62.4 Å². The van der Waals surface area contributed by atoms with Crippen molar-refractivity contribution in [3.05, 3.63) is 54.1 Å². The van der Waals surface area contributed by atoms with Gasteiger partial charge in [0, 0.05) is 31.6 Å². The largest absolute Gasteiger partial charge is 0.497 e. The summed E-state index contributed by atoms with van der Waals surface area (Å²) in [6, 6.07) is 13.5.